The van der Waals surface area contributed by atoms with Crippen LogP contribution < -0.4 is 11.1 Å². The fraction of sp³-hybridized carbons (Fsp3) is 0.600. The van der Waals surface area contributed by atoms with Crippen molar-refractivity contribution in [1.29, 1.82) is 0 Å². The van der Waals surface area contributed by atoms with Crippen LogP contribution in [0.15, 0.2) is 30.3 Å². The number of primary amides is 1. The van der Waals surface area contributed by atoms with Crippen LogP contribution in [0.1, 0.15) is 63.4 Å². The first-order valence-electron chi connectivity index (χ1n) is 9.23. The molecule has 1 spiro atoms. The van der Waals surface area contributed by atoms with E-state index >= 15 is 0 Å². The van der Waals surface area contributed by atoms with Crippen LogP contribution >= 0.6 is 0 Å². The number of carbonyl (C=O) groups excluding carboxylic acids is 2. The molecule has 4 nitrogen and oxygen atoms in total. The molecule has 0 heterocycles. The predicted molar refractivity (Wildman–Crippen MR) is 92.2 cm³/mol. The van der Waals surface area contributed by atoms with Crippen molar-refractivity contribution in [1.82, 2.24) is 5.32 Å². The number of hydrogen-bond donors (Lipinski definition) is 2. The monoisotopic (exact) mass is 326 g/mol. The molecule has 4 rings (SSSR count). The van der Waals surface area contributed by atoms with Gasteiger partial charge >= 0.3 is 0 Å². The van der Waals surface area contributed by atoms with Gasteiger partial charge in [-0.2, -0.15) is 0 Å². The van der Waals surface area contributed by atoms with E-state index in [9.17, 15) is 9.59 Å². The van der Waals surface area contributed by atoms with Crippen LogP contribution in [0.2, 0.25) is 0 Å². The maximum Gasteiger partial charge on any atom is 0.243 e. The molecular formula is C20H26N2O2. The molecule has 3 saturated carbocycles. The molecule has 2 amide bonds. The normalized spacial score (nSPS) is 29.5. The molecular weight excluding hydrogens is 300 g/mol. The third-order valence-corrected chi connectivity index (χ3v) is 6.88. The highest BCUT2D eigenvalue weighted by molar-refractivity contribution is 5.98. The second kappa shape index (κ2) is 5.33. The van der Waals surface area contributed by atoms with Gasteiger partial charge in [0, 0.05) is 0 Å². The maximum absolute atomic E-state index is 13.4. The van der Waals surface area contributed by atoms with Gasteiger partial charge < -0.3 is 11.1 Å². The van der Waals surface area contributed by atoms with Crippen molar-refractivity contribution in [3.8, 4) is 0 Å². The van der Waals surface area contributed by atoms with Crippen LogP contribution in [0.5, 0.6) is 0 Å². The van der Waals surface area contributed by atoms with Gasteiger partial charge in [-0.3, -0.25) is 9.59 Å². The molecule has 3 aliphatic rings. The number of amides is 2. The topological polar surface area (TPSA) is 72.2 Å². The number of carbonyl (C=O) groups is 2. The molecule has 0 aromatic heterocycles. The van der Waals surface area contributed by atoms with Crippen LogP contribution in [-0.2, 0) is 15.0 Å². The average Bonchev–Trinajstić information content (AvgIpc) is 2.92. The standard InChI is InChI=1S/C20H26N2O2/c21-16(23)19(12-6-7-13-19)22-17(24)20(15-8-2-1-3-9-15)14-18(20)10-4-5-11-18/h1-3,8-9H,4-7,10-14H2,(H2,21,23)(H,22,24)/t20-/m1/s1. The van der Waals surface area contributed by atoms with Gasteiger partial charge in [0.2, 0.25) is 11.8 Å². The van der Waals surface area contributed by atoms with Crippen molar-refractivity contribution in [2.75, 3.05) is 0 Å². The summed E-state index contributed by atoms with van der Waals surface area (Å²) in [6.07, 6.45) is 8.77. The summed E-state index contributed by atoms with van der Waals surface area (Å²) in [6, 6.07) is 10.1. The highest BCUT2D eigenvalue weighted by Crippen LogP contribution is 2.72. The third kappa shape index (κ3) is 2.04. The third-order valence-electron chi connectivity index (χ3n) is 6.88. The number of rotatable bonds is 4. The SMILES string of the molecule is NC(=O)C1(NC(=O)[C@]2(c3ccccc3)CC23CCCC3)CCCC1. The van der Waals surface area contributed by atoms with Crippen molar-refractivity contribution in [2.45, 2.75) is 68.7 Å². The summed E-state index contributed by atoms with van der Waals surface area (Å²) in [4.78, 5) is 25.5. The van der Waals surface area contributed by atoms with Crippen molar-refractivity contribution in [3.05, 3.63) is 35.9 Å². The average molecular weight is 326 g/mol. The second-order valence-electron chi connectivity index (χ2n) is 8.04. The van der Waals surface area contributed by atoms with Gasteiger partial charge in [-0.1, -0.05) is 56.0 Å². The first-order valence-corrected chi connectivity index (χ1v) is 9.23. The number of hydrogen-bond acceptors (Lipinski definition) is 2. The minimum atomic E-state index is -0.832. The van der Waals surface area contributed by atoms with E-state index in [1.807, 2.05) is 18.2 Å². The summed E-state index contributed by atoms with van der Waals surface area (Å²) < 4.78 is 0. The molecule has 1 aromatic rings. The fourth-order valence-electron chi connectivity index (χ4n) is 5.44. The summed E-state index contributed by atoms with van der Waals surface area (Å²) in [7, 11) is 0. The minimum Gasteiger partial charge on any atom is -0.368 e. The summed E-state index contributed by atoms with van der Waals surface area (Å²) in [5.74, 6) is -0.353. The highest BCUT2D eigenvalue weighted by Gasteiger charge is 2.72. The van der Waals surface area contributed by atoms with Gasteiger partial charge in [-0.15, -0.1) is 0 Å². The Labute approximate surface area is 143 Å². The van der Waals surface area contributed by atoms with E-state index < -0.39 is 11.0 Å². The lowest BCUT2D eigenvalue weighted by molar-refractivity contribution is -0.133. The van der Waals surface area contributed by atoms with Crippen LogP contribution in [0, 0.1) is 5.41 Å². The summed E-state index contributed by atoms with van der Waals surface area (Å²) in [5.41, 5.74) is 5.57. The highest BCUT2D eigenvalue weighted by atomic mass is 16.2. The van der Waals surface area contributed by atoms with Gasteiger partial charge in [-0.25, -0.2) is 0 Å². The molecule has 0 aliphatic heterocycles. The summed E-state index contributed by atoms with van der Waals surface area (Å²) in [5, 5.41) is 3.13. The molecule has 1 atom stereocenters. The molecule has 0 unspecified atom stereocenters. The Morgan fingerprint density at radius 2 is 1.50 bits per heavy atom. The minimum absolute atomic E-state index is 0.0244. The van der Waals surface area contributed by atoms with E-state index in [0.717, 1.165) is 37.7 Å². The van der Waals surface area contributed by atoms with Crippen molar-refractivity contribution in [2.24, 2.45) is 11.1 Å². The van der Waals surface area contributed by atoms with Crippen LogP contribution in [0.25, 0.3) is 0 Å². The molecule has 4 heteroatoms. The lowest BCUT2D eigenvalue weighted by atomic mass is 9.82. The maximum atomic E-state index is 13.4. The lowest BCUT2D eigenvalue weighted by Gasteiger charge is -2.31. The van der Waals surface area contributed by atoms with E-state index in [1.54, 1.807) is 0 Å². The Morgan fingerprint density at radius 3 is 2.08 bits per heavy atom. The molecule has 0 radical (unpaired) electrons. The Bertz CT molecular complexity index is 657. The largest absolute Gasteiger partial charge is 0.368 e. The molecule has 128 valence electrons. The first kappa shape index (κ1) is 15.7. The van der Waals surface area contributed by atoms with E-state index in [2.05, 4.69) is 17.4 Å². The Morgan fingerprint density at radius 1 is 0.917 bits per heavy atom. The number of benzene rings is 1. The quantitative estimate of drug-likeness (QED) is 0.893. The predicted octanol–water partition coefficient (Wildman–Crippen LogP) is 2.80. The zero-order valence-corrected chi connectivity index (χ0v) is 14.1. The van der Waals surface area contributed by atoms with Crippen LogP contribution in [0.3, 0.4) is 0 Å². The number of nitrogens with one attached hydrogen (secondary N) is 1. The van der Waals surface area contributed by atoms with Crippen molar-refractivity contribution < 1.29 is 9.59 Å². The Kier molecular flexibility index (Phi) is 3.48. The van der Waals surface area contributed by atoms with E-state index in [0.29, 0.717) is 12.8 Å². The van der Waals surface area contributed by atoms with Gasteiger partial charge in [0.1, 0.15) is 5.54 Å². The van der Waals surface area contributed by atoms with E-state index in [4.69, 9.17) is 5.73 Å². The summed E-state index contributed by atoms with van der Waals surface area (Å²) in [6.45, 7) is 0. The smallest absolute Gasteiger partial charge is 0.243 e. The molecule has 1 aromatic carbocycles. The second-order valence-corrected chi connectivity index (χ2v) is 8.04. The lowest BCUT2D eigenvalue weighted by Crippen LogP contribution is -2.58. The van der Waals surface area contributed by atoms with Gasteiger partial charge in [-0.05, 0) is 43.1 Å². The Hall–Kier alpha value is -1.84. The first-order chi connectivity index (χ1) is 11.5. The zero-order chi connectivity index (χ0) is 16.8. The molecule has 24 heavy (non-hydrogen) atoms. The zero-order valence-electron chi connectivity index (χ0n) is 14.1. The van der Waals surface area contributed by atoms with Crippen LogP contribution in [0.4, 0.5) is 0 Å². The van der Waals surface area contributed by atoms with E-state index in [1.165, 1.54) is 12.8 Å². The summed E-state index contributed by atoms with van der Waals surface area (Å²) >= 11 is 0. The van der Waals surface area contributed by atoms with Gasteiger partial charge in [0.25, 0.3) is 0 Å². The number of nitrogens with two attached hydrogens (primary N) is 1. The molecule has 0 saturated heterocycles. The Balaban J connectivity index is 1.68. The van der Waals surface area contributed by atoms with Crippen molar-refractivity contribution >= 4 is 11.8 Å². The molecule has 3 N–H and O–H groups in total. The molecule has 3 fully saturated rings. The van der Waals surface area contributed by atoms with Gasteiger partial charge in [0.05, 0.1) is 5.41 Å². The van der Waals surface area contributed by atoms with Gasteiger partial charge in [0.15, 0.2) is 0 Å². The van der Waals surface area contributed by atoms with E-state index in [-0.39, 0.29) is 17.2 Å². The van der Waals surface area contributed by atoms with Crippen LogP contribution in [-0.4, -0.2) is 17.4 Å². The molecule has 3 aliphatic carbocycles. The molecule has 0 bridgehead atoms. The fourth-order valence-corrected chi connectivity index (χ4v) is 5.44. The van der Waals surface area contributed by atoms with Crippen molar-refractivity contribution in [3.63, 3.8) is 0 Å².